The van der Waals surface area contributed by atoms with Gasteiger partial charge in [-0.15, -0.1) is 0 Å². The highest BCUT2D eigenvalue weighted by atomic mass is 16.5. The van der Waals surface area contributed by atoms with Crippen molar-refractivity contribution in [1.29, 1.82) is 0 Å². The number of primary amides is 1. The van der Waals surface area contributed by atoms with E-state index in [4.69, 9.17) is 15.2 Å². The monoisotopic (exact) mass is 1390 g/mol. The average molecular weight is 1390 g/mol. The molecule has 29 heteroatoms. The summed E-state index contributed by atoms with van der Waals surface area (Å²) in [5, 5.41) is 34.1. The van der Waals surface area contributed by atoms with Gasteiger partial charge in [-0.25, -0.2) is 0 Å². The van der Waals surface area contributed by atoms with E-state index in [0.717, 1.165) is 57.9 Å². The molecule has 0 radical (unpaired) electrons. The summed E-state index contributed by atoms with van der Waals surface area (Å²) in [7, 11) is 0. The van der Waals surface area contributed by atoms with Crippen LogP contribution in [0, 0.1) is 11.8 Å². The lowest BCUT2D eigenvalue weighted by Crippen LogP contribution is -2.56. The van der Waals surface area contributed by atoms with Crippen molar-refractivity contribution in [1.82, 2.24) is 73.6 Å². The van der Waals surface area contributed by atoms with Gasteiger partial charge in [0.15, 0.2) is 0 Å². The SMILES string of the molecule is CCCCCCNC(=O)CC(NC(=O)CC(CC)C(=O)NCCCCCC)C(=O)NC(CC(=O)CC(CC(=O)NCCNCCNC(COC(=O)CCCN(C(C)C)C(C)C)NC=O)C(=O)NCCCC)C(=O)NCCNCCNC(COC(=O)CCCN(C(C)C)C(C)C)C(N)=O. The van der Waals surface area contributed by atoms with Gasteiger partial charge in [-0.2, -0.15) is 0 Å². The fraction of sp³-hybridized carbons (Fsp3) is 0.826. The van der Waals surface area contributed by atoms with E-state index >= 15 is 0 Å². The Balaban J connectivity index is 6.38. The van der Waals surface area contributed by atoms with E-state index in [1.54, 1.807) is 6.92 Å². The lowest BCUT2D eigenvalue weighted by molar-refractivity contribution is -0.146. The summed E-state index contributed by atoms with van der Waals surface area (Å²) in [4.78, 5) is 164. The van der Waals surface area contributed by atoms with Crippen LogP contribution in [-0.4, -0.2) is 228 Å². The van der Waals surface area contributed by atoms with Crippen molar-refractivity contribution in [3.8, 4) is 0 Å². The van der Waals surface area contributed by atoms with Gasteiger partial charge in [0, 0.05) is 141 Å². The molecule has 29 nitrogen and oxygen atoms in total. The first kappa shape index (κ1) is 91.6. The van der Waals surface area contributed by atoms with Crippen LogP contribution in [0.2, 0.25) is 0 Å². The normalized spacial score (nSPS) is 13.3. The van der Waals surface area contributed by atoms with Crippen molar-refractivity contribution >= 4 is 71.4 Å². The first-order valence-corrected chi connectivity index (χ1v) is 36.4. The topological polar surface area (TPSA) is 400 Å². The lowest BCUT2D eigenvalue weighted by atomic mass is 9.94. The largest absolute Gasteiger partial charge is 0.463 e. The van der Waals surface area contributed by atoms with Gasteiger partial charge in [0.1, 0.15) is 43.3 Å². The molecule has 0 aliphatic carbocycles. The molecule has 98 heavy (non-hydrogen) atoms. The molecule has 0 saturated heterocycles. The predicted octanol–water partition coefficient (Wildman–Crippen LogP) is 1.83. The van der Waals surface area contributed by atoms with E-state index in [-0.39, 0.29) is 83.6 Å². The van der Waals surface area contributed by atoms with Crippen molar-refractivity contribution in [3.05, 3.63) is 0 Å². The molecule has 0 aromatic carbocycles. The van der Waals surface area contributed by atoms with Crippen LogP contribution in [0.25, 0.3) is 0 Å². The molecule has 0 fully saturated rings. The number of ketones is 1. The quantitative estimate of drug-likeness (QED) is 0.0179. The van der Waals surface area contributed by atoms with Gasteiger partial charge in [0.2, 0.25) is 53.7 Å². The zero-order valence-corrected chi connectivity index (χ0v) is 61.8. The average Bonchev–Trinajstić information content (AvgIpc) is 0.929. The van der Waals surface area contributed by atoms with Crippen LogP contribution in [0.1, 0.15) is 212 Å². The predicted molar refractivity (Wildman–Crippen MR) is 380 cm³/mol. The second-order valence-corrected chi connectivity index (χ2v) is 26.2. The van der Waals surface area contributed by atoms with Crippen molar-refractivity contribution in [2.24, 2.45) is 17.6 Å². The summed E-state index contributed by atoms with van der Waals surface area (Å²) in [5.74, 6) is -8.64. The third-order valence-electron chi connectivity index (χ3n) is 16.5. The molecule has 0 spiro atoms. The molecule has 0 aliphatic rings. The summed E-state index contributed by atoms with van der Waals surface area (Å²) in [5.41, 5.74) is 5.61. The van der Waals surface area contributed by atoms with Gasteiger partial charge in [0.05, 0.1) is 12.3 Å². The highest BCUT2D eigenvalue weighted by Crippen LogP contribution is 2.16. The summed E-state index contributed by atoms with van der Waals surface area (Å²) >= 11 is 0. The van der Waals surface area contributed by atoms with Crippen LogP contribution < -0.4 is 69.5 Å². The van der Waals surface area contributed by atoms with Crippen LogP contribution in [0.5, 0.6) is 0 Å². The van der Waals surface area contributed by atoms with Crippen molar-refractivity contribution in [2.45, 2.75) is 260 Å². The molecule has 0 aromatic rings. The van der Waals surface area contributed by atoms with Crippen molar-refractivity contribution in [2.75, 3.05) is 98.3 Å². The number of nitrogens with two attached hydrogens (primary N) is 1. The summed E-state index contributed by atoms with van der Waals surface area (Å²) in [6, 6.07) is -2.86. The maximum atomic E-state index is 14.5. The zero-order valence-electron chi connectivity index (χ0n) is 61.8. The van der Waals surface area contributed by atoms with Crippen molar-refractivity contribution < 1.29 is 67.0 Å². The Morgan fingerprint density at radius 3 is 1.38 bits per heavy atom. The standard InChI is InChI=1S/C69H131N15O14/c1-13-17-20-22-29-75-61(88)45-57(81-62(89)42-53(16-4)66(93)78-30-23-21-18-14-2)69(96)82-56(68(95)79-38-34-71-31-35-73-58(65(70)92)46-97-63(90)26-24-39-83(49(5)6)50(7)8)44-55(86)41-54(67(94)77-28-19-15-3)43-60(87)76-37-33-72-32-36-74-59(80-48-85)47-98-64(91)27-25-40-84(51(9)10)52(11)12/h48-54,56-59,71-74H,13-47H2,1-12H3,(H2,70,92)(H,75,88)(H,76,87)(H,77,94)(H,78,93)(H,79,95)(H,80,85)(H,81,89)(H,82,96). The second-order valence-electron chi connectivity index (χ2n) is 26.2. The van der Waals surface area contributed by atoms with Gasteiger partial charge >= 0.3 is 11.9 Å². The molecule has 0 aromatic heterocycles. The summed E-state index contributed by atoms with van der Waals surface area (Å²) < 4.78 is 10.8. The molecule has 0 heterocycles. The van der Waals surface area contributed by atoms with Gasteiger partial charge < -0.3 is 73.7 Å². The third kappa shape index (κ3) is 46.0. The van der Waals surface area contributed by atoms with Crippen LogP contribution in [0.15, 0.2) is 0 Å². The number of nitrogens with one attached hydrogen (secondary N) is 12. The van der Waals surface area contributed by atoms with Gasteiger partial charge in [-0.1, -0.05) is 72.6 Å². The zero-order chi connectivity index (χ0) is 73.6. The van der Waals surface area contributed by atoms with E-state index in [2.05, 4.69) is 143 Å². The Morgan fingerprint density at radius 1 is 0.408 bits per heavy atom. The fourth-order valence-corrected chi connectivity index (χ4v) is 10.8. The molecule has 6 unspecified atom stereocenters. The summed E-state index contributed by atoms with van der Waals surface area (Å²) in [6.07, 6.45) is 7.92. The van der Waals surface area contributed by atoms with Crippen LogP contribution >= 0.6 is 0 Å². The molecule has 0 aliphatic heterocycles. The van der Waals surface area contributed by atoms with E-state index in [9.17, 15) is 57.5 Å². The fourth-order valence-electron chi connectivity index (χ4n) is 10.8. The van der Waals surface area contributed by atoms with E-state index in [1.165, 1.54) is 0 Å². The first-order valence-electron chi connectivity index (χ1n) is 36.4. The molecule has 566 valence electrons. The summed E-state index contributed by atoms with van der Waals surface area (Å²) in [6.45, 7) is 28.5. The van der Waals surface area contributed by atoms with E-state index in [0.29, 0.717) is 102 Å². The number of amides is 9. The molecular formula is C69H131N15O14. The lowest BCUT2D eigenvalue weighted by Gasteiger charge is -2.30. The highest BCUT2D eigenvalue weighted by molar-refractivity contribution is 5.98. The molecule has 9 amide bonds. The number of hydrogen-bond acceptors (Lipinski definition) is 20. The smallest absolute Gasteiger partial charge is 0.305 e. The van der Waals surface area contributed by atoms with Gasteiger partial charge in [0.25, 0.3) is 0 Å². The maximum Gasteiger partial charge on any atom is 0.305 e. The van der Waals surface area contributed by atoms with Gasteiger partial charge in [-0.3, -0.25) is 72.7 Å². The van der Waals surface area contributed by atoms with Crippen LogP contribution in [0.4, 0.5) is 0 Å². The van der Waals surface area contributed by atoms with Crippen LogP contribution in [0.3, 0.4) is 0 Å². The number of unbranched alkanes of at least 4 members (excludes halogenated alkanes) is 7. The molecule has 6 atom stereocenters. The number of Topliss-reactive ketones (excluding diaryl/α,β-unsaturated/α-hetero) is 1. The number of rotatable bonds is 63. The number of esters is 2. The number of hydrogen-bond donors (Lipinski definition) is 13. The third-order valence-corrected chi connectivity index (χ3v) is 16.5. The Bertz CT molecular complexity index is 2280. The first-order chi connectivity index (χ1) is 46.7. The molecule has 0 saturated carbocycles. The molecule has 0 bridgehead atoms. The Hall–Kier alpha value is -6.40. The molecular weight excluding hydrogens is 1260 g/mol. The highest BCUT2D eigenvalue weighted by Gasteiger charge is 2.33. The number of nitrogens with zero attached hydrogens (tertiary/aromatic N) is 2. The second kappa shape index (κ2) is 57.4. The Kier molecular flexibility index (Phi) is 53.6. The molecule has 14 N–H and O–H groups in total. The van der Waals surface area contributed by atoms with E-state index < -0.39 is 115 Å². The Labute approximate surface area is 585 Å². The maximum absolute atomic E-state index is 14.5. The van der Waals surface area contributed by atoms with Gasteiger partial charge in [-0.05, 0) is 107 Å². The number of carbonyl (C=O) groups excluding carboxylic acids is 12. The minimum atomic E-state index is -1.61. The Morgan fingerprint density at radius 2 is 0.857 bits per heavy atom. The van der Waals surface area contributed by atoms with E-state index in [1.807, 2.05) is 6.92 Å². The number of carbonyl (C=O) groups is 12. The number of ether oxygens (including phenoxy) is 2. The molecule has 0 rings (SSSR count). The minimum absolute atomic E-state index is 0.0408. The van der Waals surface area contributed by atoms with Crippen LogP contribution in [-0.2, 0) is 67.0 Å². The van der Waals surface area contributed by atoms with Crippen molar-refractivity contribution in [3.63, 3.8) is 0 Å². The minimum Gasteiger partial charge on any atom is -0.463 e.